The lowest BCUT2D eigenvalue weighted by Gasteiger charge is -2.40. The van der Waals surface area contributed by atoms with E-state index in [-0.39, 0.29) is 76.5 Å². The van der Waals surface area contributed by atoms with E-state index >= 15 is 0 Å². The van der Waals surface area contributed by atoms with Crippen molar-refractivity contribution in [3.63, 3.8) is 0 Å². The Kier molecular flexibility index (Phi) is 9.51. The highest BCUT2D eigenvalue weighted by Gasteiger charge is 2.46. The summed E-state index contributed by atoms with van der Waals surface area (Å²) < 4.78 is 17.8. The van der Waals surface area contributed by atoms with Crippen LogP contribution in [0.15, 0.2) is 58.5 Å². The topological polar surface area (TPSA) is 265 Å². The number of hydrogen-bond donors (Lipinski definition) is 9. The molecular formula is C35H34N5O12+. The summed E-state index contributed by atoms with van der Waals surface area (Å²) in [6.45, 7) is -1.95. The molecular weight excluding hydrogens is 682 g/mol. The van der Waals surface area contributed by atoms with Gasteiger partial charge in [-0.3, -0.25) is 25.1 Å². The Morgan fingerprint density at radius 1 is 0.904 bits per heavy atom. The number of aliphatic imine (C=N–C) groups is 2. The quantitative estimate of drug-likeness (QED) is 0.0824. The van der Waals surface area contributed by atoms with Crippen molar-refractivity contribution in [2.24, 2.45) is 9.98 Å². The zero-order valence-corrected chi connectivity index (χ0v) is 27.3. The van der Waals surface area contributed by atoms with E-state index in [1.54, 1.807) is 24.3 Å². The van der Waals surface area contributed by atoms with E-state index in [9.17, 15) is 45.0 Å². The monoisotopic (exact) mass is 716 g/mol. The average molecular weight is 717 g/mol. The van der Waals surface area contributed by atoms with Crippen LogP contribution in [-0.2, 0) is 22.6 Å². The average Bonchev–Trinajstić information content (AvgIpc) is 3.57. The van der Waals surface area contributed by atoms with Crippen LogP contribution >= 0.6 is 0 Å². The van der Waals surface area contributed by atoms with Gasteiger partial charge in [-0.25, -0.2) is 9.89 Å². The minimum Gasteiger partial charge on any atom is -0.486 e. The summed E-state index contributed by atoms with van der Waals surface area (Å²) in [6.07, 6.45) is -8.49. The number of ketones is 2. The highest BCUT2D eigenvalue weighted by molar-refractivity contribution is 6.68. The number of quaternary nitrogens is 1. The maximum Gasteiger partial charge on any atom is 0.284 e. The van der Waals surface area contributed by atoms with Crippen molar-refractivity contribution in [1.82, 2.24) is 5.32 Å². The zero-order valence-electron chi connectivity index (χ0n) is 27.3. The number of carbonyl (C=O) groups excluding carboxylic acids is 3. The molecule has 0 radical (unpaired) electrons. The fourth-order valence-electron chi connectivity index (χ4n) is 6.72. The van der Waals surface area contributed by atoms with Gasteiger partial charge in [0.1, 0.15) is 36.7 Å². The second-order valence-electron chi connectivity index (χ2n) is 12.4. The molecule has 0 aromatic heterocycles. The van der Waals surface area contributed by atoms with Crippen LogP contribution in [0.2, 0.25) is 0 Å². The molecule has 1 unspecified atom stereocenters. The number of nitrogens with one attached hydrogen (secondary N) is 3. The van der Waals surface area contributed by atoms with Gasteiger partial charge in [0.2, 0.25) is 18.0 Å². The minimum absolute atomic E-state index is 0.00826. The number of benzene rings is 3. The van der Waals surface area contributed by atoms with Gasteiger partial charge in [0.25, 0.3) is 11.7 Å². The SMILES string of the molecule is N=C1N=C2C(=NC[NH+]2c2ccccc2Cc2cc3c(c(OCCO)c2O[C@H]2O[C@@H](CO)[C@H](O)[C@@H](O)[C@@H]2O)C(=O)c2cc(CO)ccc2C3=O)C(=O)N1. The lowest BCUT2D eigenvalue weighted by Crippen LogP contribution is -3.09. The highest BCUT2D eigenvalue weighted by Crippen LogP contribution is 2.45. The van der Waals surface area contributed by atoms with Gasteiger partial charge in [0, 0.05) is 34.2 Å². The molecule has 7 rings (SSSR count). The molecule has 3 aromatic rings. The molecule has 1 amide bonds. The fraction of sp³-hybridized carbons (Fsp3) is 0.314. The molecule has 9 N–H and O–H groups in total. The van der Waals surface area contributed by atoms with Gasteiger partial charge in [-0.2, -0.15) is 4.99 Å². The maximum atomic E-state index is 14.2. The molecule has 52 heavy (non-hydrogen) atoms. The van der Waals surface area contributed by atoms with Crippen LogP contribution in [0.3, 0.4) is 0 Å². The van der Waals surface area contributed by atoms with Crippen LogP contribution in [0.5, 0.6) is 11.5 Å². The lowest BCUT2D eigenvalue weighted by atomic mass is 9.81. The predicted octanol–water partition coefficient (Wildman–Crippen LogP) is -2.51. The van der Waals surface area contributed by atoms with Crippen LogP contribution in [0.1, 0.15) is 48.5 Å². The van der Waals surface area contributed by atoms with E-state index in [0.717, 1.165) is 0 Å². The number of hydrogen-bond acceptors (Lipinski definition) is 14. The first-order chi connectivity index (χ1) is 25.1. The number of amidine groups is 1. The normalized spacial score (nSPS) is 25.1. The summed E-state index contributed by atoms with van der Waals surface area (Å²) in [6, 6.07) is 12.8. The second kappa shape index (κ2) is 14.1. The van der Waals surface area contributed by atoms with E-state index in [1.165, 1.54) is 24.3 Å². The Hall–Kier alpha value is -5.24. The van der Waals surface area contributed by atoms with Gasteiger partial charge in [0.05, 0.1) is 25.4 Å². The third-order valence-electron chi connectivity index (χ3n) is 9.26. The number of para-hydroxylation sites is 1. The molecule has 0 spiro atoms. The molecule has 1 aliphatic carbocycles. The van der Waals surface area contributed by atoms with Crippen LogP contribution in [-0.4, -0.2) is 123 Å². The summed E-state index contributed by atoms with van der Waals surface area (Å²) in [5.41, 5.74) is 1.67. The zero-order chi connectivity index (χ0) is 36.8. The van der Waals surface area contributed by atoms with Crippen molar-refractivity contribution in [2.75, 3.05) is 26.5 Å². The van der Waals surface area contributed by atoms with Crippen LogP contribution in [0, 0.1) is 5.41 Å². The van der Waals surface area contributed by atoms with Crippen LogP contribution in [0.25, 0.3) is 0 Å². The third kappa shape index (κ3) is 5.98. The second-order valence-corrected chi connectivity index (χ2v) is 12.4. The fourth-order valence-corrected chi connectivity index (χ4v) is 6.72. The van der Waals surface area contributed by atoms with E-state index < -0.39 is 68.0 Å². The molecule has 4 aliphatic rings. The molecule has 3 heterocycles. The Morgan fingerprint density at radius 3 is 2.44 bits per heavy atom. The van der Waals surface area contributed by atoms with Gasteiger partial charge in [-0.1, -0.05) is 24.3 Å². The van der Waals surface area contributed by atoms with Crippen LogP contribution in [0.4, 0.5) is 5.69 Å². The molecule has 1 saturated heterocycles. The summed E-state index contributed by atoms with van der Waals surface area (Å²) >= 11 is 0. The van der Waals surface area contributed by atoms with Crippen molar-refractivity contribution in [1.29, 1.82) is 5.41 Å². The number of carbonyl (C=O) groups is 3. The van der Waals surface area contributed by atoms with Crippen LogP contribution < -0.4 is 19.7 Å². The van der Waals surface area contributed by atoms with E-state index in [2.05, 4.69) is 15.3 Å². The van der Waals surface area contributed by atoms with Crippen molar-refractivity contribution >= 4 is 40.7 Å². The first kappa shape index (κ1) is 35.2. The molecule has 17 heteroatoms. The van der Waals surface area contributed by atoms with Gasteiger partial charge < -0.3 is 44.8 Å². The minimum atomic E-state index is -1.86. The summed E-state index contributed by atoms with van der Waals surface area (Å²) in [4.78, 5) is 49.9. The van der Waals surface area contributed by atoms with Crippen molar-refractivity contribution in [3.05, 3.63) is 87.5 Å². The van der Waals surface area contributed by atoms with Gasteiger partial charge >= 0.3 is 0 Å². The standard InChI is InChI=1S/C35H33N5O12/c36-35-38-32-24(33(49)39-35)37-14-40(32)21-4-2-1-3-16(21)10-17-11-20-23(26(45)19-9-15(12-42)5-6-18(19)25(20)44)31(50-8-7-41)30(17)52-34-29(48)28(47)27(46)22(13-43)51-34/h1-6,9,11,22,27-29,34,41-43,46-48H,7-8,10,12-14H2,(H2,36,39,49)/p+1/t22-,27-,28+,29-,34+/m0/s1. The molecule has 1 fully saturated rings. The lowest BCUT2D eigenvalue weighted by molar-refractivity contribution is -0.723. The van der Waals surface area contributed by atoms with E-state index in [0.29, 0.717) is 21.7 Å². The van der Waals surface area contributed by atoms with Gasteiger partial charge in [-0.15, -0.1) is 0 Å². The Balaban J connectivity index is 1.40. The summed E-state index contributed by atoms with van der Waals surface area (Å²) in [5, 5.41) is 71.6. The van der Waals surface area contributed by atoms with Gasteiger partial charge in [-0.05, 0) is 29.8 Å². The number of ether oxygens (including phenoxy) is 3. The Labute approximate surface area is 294 Å². The van der Waals surface area contributed by atoms with Crippen molar-refractivity contribution in [3.8, 4) is 11.5 Å². The Morgan fingerprint density at radius 2 is 1.69 bits per heavy atom. The first-order valence-electron chi connectivity index (χ1n) is 16.3. The van der Waals surface area contributed by atoms with Crippen molar-refractivity contribution < 1.29 is 64.1 Å². The molecule has 17 nitrogen and oxygen atoms in total. The number of guanidine groups is 1. The molecule has 0 bridgehead atoms. The molecule has 0 saturated carbocycles. The largest absolute Gasteiger partial charge is 0.486 e. The first-order valence-corrected chi connectivity index (χ1v) is 16.3. The smallest absolute Gasteiger partial charge is 0.284 e. The molecule has 270 valence electrons. The number of amides is 1. The highest BCUT2D eigenvalue weighted by atomic mass is 16.7. The number of fused-ring (bicyclic) bond motifs is 3. The molecule has 3 aliphatic heterocycles. The number of nitrogens with zero attached hydrogens (tertiary/aromatic N) is 2. The number of aliphatic hydroxyl groups excluding tert-OH is 6. The maximum absolute atomic E-state index is 14.2. The number of aliphatic hydroxyl groups is 6. The third-order valence-corrected chi connectivity index (χ3v) is 9.26. The predicted molar refractivity (Wildman–Crippen MR) is 178 cm³/mol. The van der Waals surface area contributed by atoms with E-state index in [4.69, 9.17) is 19.6 Å². The van der Waals surface area contributed by atoms with Crippen molar-refractivity contribution in [2.45, 2.75) is 43.7 Å². The number of rotatable bonds is 10. The summed E-state index contributed by atoms with van der Waals surface area (Å²) in [5.74, 6) is -2.36. The molecule has 6 atom stereocenters. The summed E-state index contributed by atoms with van der Waals surface area (Å²) in [7, 11) is 0. The molecule has 3 aromatic carbocycles. The van der Waals surface area contributed by atoms with E-state index in [1.807, 2.05) is 0 Å². The Bertz CT molecular complexity index is 2060. The van der Waals surface area contributed by atoms with Gasteiger partial charge in [0.15, 0.2) is 29.7 Å².